The second kappa shape index (κ2) is 5.76. The molecule has 1 aromatic carbocycles. The molecule has 3 nitrogen and oxygen atoms in total. The standard InChI is InChI=1S/C17H23FN2O/c1-17(9-2-3-10-19-17)16(21)20(15-7-8-15)12-13-5-4-6-14(18)11-13/h4-6,11,15,19H,2-3,7-10,12H2,1H3. The Bertz CT molecular complexity index is 521. The van der Waals surface area contributed by atoms with E-state index in [1.807, 2.05) is 17.9 Å². The van der Waals surface area contributed by atoms with E-state index in [2.05, 4.69) is 5.32 Å². The molecular formula is C17H23FN2O. The zero-order valence-electron chi connectivity index (χ0n) is 12.6. The van der Waals surface area contributed by atoms with Crippen molar-refractivity contribution in [3.05, 3.63) is 35.6 Å². The van der Waals surface area contributed by atoms with Gasteiger partial charge in [0.15, 0.2) is 0 Å². The van der Waals surface area contributed by atoms with Crippen molar-refractivity contribution in [1.82, 2.24) is 10.2 Å². The largest absolute Gasteiger partial charge is 0.334 e. The topological polar surface area (TPSA) is 32.3 Å². The Balaban J connectivity index is 1.76. The van der Waals surface area contributed by atoms with Gasteiger partial charge in [-0.25, -0.2) is 4.39 Å². The predicted molar refractivity (Wildman–Crippen MR) is 80.2 cm³/mol. The minimum absolute atomic E-state index is 0.175. The number of rotatable bonds is 4. The fourth-order valence-electron chi connectivity index (χ4n) is 3.14. The smallest absolute Gasteiger partial charge is 0.243 e. The first-order valence-corrected chi connectivity index (χ1v) is 7.89. The van der Waals surface area contributed by atoms with Crippen molar-refractivity contribution in [2.24, 2.45) is 0 Å². The summed E-state index contributed by atoms with van der Waals surface area (Å²) in [6.07, 6.45) is 5.25. The first kappa shape index (κ1) is 14.5. The van der Waals surface area contributed by atoms with Gasteiger partial charge in [0.1, 0.15) is 5.82 Å². The second-order valence-electron chi connectivity index (χ2n) is 6.51. The molecule has 0 aromatic heterocycles. The number of amides is 1. The molecule has 0 spiro atoms. The van der Waals surface area contributed by atoms with Crippen molar-refractivity contribution in [2.45, 2.75) is 57.2 Å². The van der Waals surface area contributed by atoms with Crippen LogP contribution in [0, 0.1) is 5.82 Å². The Labute approximate surface area is 125 Å². The van der Waals surface area contributed by atoms with Gasteiger partial charge in [-0.1, -0.05) is 12.1 Å². The third-order valence-electron chi connectivity index (χ3n) is 4.58. The van der Waals surface area contributed by atoms with E-state index in [9.17, 15) is 9.18 Å². The van der Waals surface area contributed by atoms with E-state index < -0.39 is 5.54 Å². The van der Waals surface area contributed by atoms with Crippen molar-refractivity contribution in [3.8, 4) is 0 Å². The fourth-order valence-corrected chi connectivity index (χ4v) is 3.14. The molecule has 1 unspecified atom stereocenters. The second-order valence-corrected chi connectivity index (χ2v) is 6.51. The maximum Gasteiger partial charge on any atom is 0.243 e. The summed E-state index contributed by atoms with van der Waals surface area (Å²) < 4.78 is 13.3. The van der Waals surface area contributed by atoms with E-state index >= 15 is 0 Å². The molecule has 1 aliphatic heterocycles. The minimum Gasteiger partial charge on any atom is -0.334 e. The number of halogens is 1. The van der Waals surface area contributed by atoms with Gasteiger partial charge < -0.3 is 10.2 Å². The molecule has 1 heterocycles. The van der Waals surface area contributed by atoms with Gasteiger partial charge >= 0.3 is 0 Å². The monoisotopic (exact) mass is 290 g/mol. The highest BCUT2D eigenvalue weighted by molar-refractivity contribution is 5.86. The lowest BCUT2D eigenvalue weighted by atomic mass is 9.89. The third kappa shape index (κ3) is 3.26. The predicted octanol–water partition coefficient (Wildman–Crippen LogP) is 2.85. The lowest BCUT2D eigenvalue weighted by Gasteiger charge is -2.38. The van der Waals surface area contributed by atoms with Crippen LogP contribution in [0.4, 0.5) is 4.39 Å². The third-order valence-corrected chi connectivity index (χ3v) is 4.58. The normalized spacial score (nSPS) is 25.6. The van der Waals surface area contributed by atoms with Crippen molar-refractivity contribution in [1.29, 1.82) is 0 Å². The molecule has 0 radical (unpaired) electrons. The molecule has 1 N–H and O–H groups in total. The molecule has 2 fully saturated rings. The van der Waals surface area contributed by atoms with Crippen molar-refractivity contribution in [3.63, 3.8) is 0 Å². The average molecular weight is 290 g/mol. The summed E-state index contributed by atoms with van der Waals surface area (Å²) in [5.74, 6) is -0.0633. The average Bonchev–Trinajstić information content (AvgIpc) is 3.29. The van der Waals surface area contributed by atoms with E-state index in [-0.39, 0.29) is 11.7 Å². The highest BCUT2D eigenvalue weighted by atomic mass is 19.1. The lowest BCUT2D eigenvalue weighted by molar-refractivity contribution is -0.140. The van der Waals surface area contributed by atoms with E-state index in [4.69, 9.17) is 0 Å². The van der Waals surface area contributed by atoms with E-state index in [0.29, 0.717) is 12.6 Å². The first-order valence-electron chi connectivity index (χ1n) is 7.89. The number of carbonyl (C=O) groups is 1. The van der Waals surface area contributed by atoms with Crippen LogP contribution >= 0.6 is 0 Å². The molecule has 2 aliphatic rings. The Morgan fingerprint density at radius 1 is 1.43 bits per heavy atom. The van der Waals surface area contributed by atoms with Gasteiger partial charge in [0.05, 0.1) is 5.54 Å². The molecule has 1 saturated carbocycles. The zero-order valence-corrected chi connectivity index (χ0v) is 12.6. The van der Waals surface area contributed by atoms with Gasteiger partial charge in [-0.05, 0) is 63.3 Å². The van der Waals surface area contributed by atoms with Crippen molar-refractivity contribution < 1.29 is 9.18 Å². The van der Waals surface area contributed by atoms with Gasteiger partial charge in [-0.15, -0.1) is 0 Å². The molecule has 3 rings (SSSR count). The number of piperidine rings is 1. The molecule has 114 valence electrons. The van der Waals surface area contributed by atoms with Crippen LogP contribution in [0.3, 0.4) is 0 Å². The Kier molecular flexibility index (Phi) is 3.98. The van der Waals surface area contributed by atoms with E-state index in [0.717, 1.165) is 44.2 Å². The summed E-state index contributed by atoms with van der Waals surface area (Å²) in [6.45, 7) is 3.43. The molecule has 4 heteroatoms. The van der Waals surface area contributed by atoms with Gasteiger partial charge in [0, 0.05) is 12.6 Å². The van der Waals surface area contributed by atoms with Gasteiger partial charge in [-0.2, -0.15) is 0 Å². The molecule has 1 saturated heterocycles. The van der Waals surface area contributed by atoms with Gasteiger partial charge in [0.25, 0.3) is 0 Å². The van der Waals surface area contributed by atoms with Gasteiger partial charge in [0.2, 0.25) is 5.91 Å². The maximum absolute atomic E-state index is 13.3. The summed E-state index contributed by atoms with van der Waals surface area (Å²) in [5, 5.41) is 3.39. The van der Waals surface area contributed by atoms with Crippen molar-refractivity contribution >= 4 is 5.91 Å². The molecule has 1 atom stereocenters. The number of nitrogens with one attached hydrogen (secondary N) is 1. The van der Waals surface area contributed by atoms with Crippen LogP contribution in [0.15, 0.2) is 24.3 Å². The Morgan fingerprint density at radius 2 is 2.24 bits per heavy atom. The number of carbonyl (C=O) groups excluding carboxylic acids is 1. The maximum atomic E-state index is 13.3. The van der Waals surface area contributed by atoms with Crippen molar-refractivity contribution in [2.75, 3.05) is 6.54 Å². The number of hydrogen-bond acceptors (Lipinski definition) is 2. The Hall–Kier alpha value is -1.42. The number of nitrogens with zero attached hydrogens (tertiary/aromatic N) is 1. The summed E-state index contributed by atoms with van der Waals surface area (Å²) in [5.41, 5.74) is 0.420. The molecular weight excluding hydrogens is 267 g/mol. The van der Waals surface area contributed by atoms with Crippen LogP contribution in [-0.2, 0) is 11.3 Å². The van der Waals surface area contributed by atoms with Crippen LogP contribution in [0.2, 0.25) is 0 Å². The zero-order chi connectivity index (χ0) is 14.9. The summed E-state index contributed by atoms with van der Waals surface area (Å²) in [4.78, 5) is 14.9. The van der Waals surface area contributed by atoms with Gasteiger partial charge in [-0.3, -0.25) is 4.79 Å². The van der Waals surface area contributed by atoms with Crippen LogP contribution in [0.5, 0.6) is 0 Å². The minimum atomic E-state index is -0.450. The SMILES string of the molecule is CC1(C(=O)N(Cc2cccc(F)c2)C2CC2)CCCCN1. The van der Waals surface area contributed by atoms with Crippen LogP contribution in [0.25, 0.3) is 0 Å². The quantitative estimate of drug-likeness (QED) is 0.925. The molecule has 1 aliphatic carbocycles. The Morgan fingerprint density at radius 3 is 2.86 bits per heavy atom. The molecule has 1 aromatic rings. The van der Waals surface area contributed by atoms with Crippen LogP contribution < -0.4 is 5.32 Å². The van der Waals surface area contributed by atoms with Crippen LogP contribution in [-0.4, -0.2) is 28.9 Å². The van der Waals surface area contributed by atoms with E-state index in [1.165, 1.54) is 12.1 Å². The molecule has 21 heavy (non-hydrogen) atoms. The van der Waals surface area contributed by atoms with Crippen LogP contribution in [0.1, 0.15) is 44.6 Å². The number of hydrogen-bond donors (Lipinski definition) is 1. The molecule has 0 bridgehead atoms. The summed E-state index contributed by atoms with van der Waals surface area (Å²) in [6, 6.07) is 6.90. The highest BCUT2D eigenvalue weighted by Gasteiger charge is 2.42. The number of benzene rings is 1. The first-order chi connectivity index (χ1) is 10.1. The summed E-state index contributed by atoms with van der Waals surface area (Å²) >= 11 is 0. The summed E-state index contributed by atoms with van der Waals surface area (Å²) in [7, 11) is 0. The highest BCUT2D eigenvalue weighted by Crippen LogP contribution is 2.32. The lowest BCUT2D eigenvalue weighted by Crippen LogP contribution is -2.58. The fraction of sp³-hybridized carbons (Fsp3) is 0.588. The van der Waals surface area contributed by atoms with E-state index in [1.54, 1.807) is 6.07 Å². The molecule has 1 amide bonds.